The van der Waals surface area contributed by atoms with Gasteiger partial charge in [-0.25, -0.2) is 15.8 Å². The SMILES string of the molecule is CN(C)c1cccc(Oc2cc(NN)ncn2)c1. The van der Waals surface area contributed by atoms with E-state index < -0.39 is 0 Å². The van der Waals surface area contributed by atoms with E-state index in [1.807, 2.05) is 43.3 Å². The number of hydrogen-bond donors (Lipinski definition) is 2. The molecule has 3 N–H and O–H groups in total. The number of nitrogens with two attached hydrogens (primary N) is 1. The normalized spacial score (nSPS) is 9.94. The zero-order valence-corrected chi connectivity index (χ0v) is 10.3. The molecule has 0 aliphatic carbocycles. The van der Waals surface area contributed by atoms with Gasteiger partial charge in [-0.15, -0.1) is 0 Å². The topological polar surface area (TPSA) is 76.3 Å². The molecule has 0 amide bonds. The van der Waals surface area contributed by atoms with Gasteiger partial charge in [0.05, 0.1) is 0 Å². The molecule has 2 rings (SSSR count). The van der Waals surface area contributed by atoms with Crippen LogP contribution in [0.3, 0.4) is 0 Å². The molecule has 94 valence electrons. The third-order valence-electron chi connectivity index (χ3n) is 2.35. The summed E-state index contributed by atoms with van der Waals surface area (Å²) in [7, 11) is 3.94. The van der Waals surface area contributed by atoms with E-state index in [1.165, 1.54) is 6.33 Å². The molecule has 1 aromatic heterocycles. The molecule has 0 aliphatic rings. The van der Waals surface area contributed by atoms with Crippen molar-refractivity contribution in [1.29, 1.82) is 0 Å². The first-order valence-corrected chi connectivity index (χ1v) is 5.43. The average molecular weight is 245 g/mol. The zero-order valence-electron chi connectivity index (χ0n) is 10.3. The van der Waals surface area contributed by atoms with E-state index >= 15 is 0 Å². The standard InChI is InChI=1S/C12H15N5O/c1-17(2)9-4-3-5-10(6-9)18-12-7-11(16-13)14-8-15-12/h3-8H,13H2,1-2H3,(H,14,15,16). The van der Waals surface area contributed by atoms with Crippen LogP contribution in [0, 0.1) is 0 Å². The third kappa shape index (κ3) is 2.86. The molecule has 1 heterocycles. The van der Waals surface area contributed by atoms with Crippen LogP contribution in [0.5, 0.6) is 11.6 Å². The van der Waals surface area contributed by atoms with Crippen molar-refractivity contribution in [2.45, 2.75) is 0 Å². The maximum atomic E-state index is 5.64. The van der Waals surface area contributed by atoms with Crippen molar-refractivity contribution in [3.63, 3.8) is 0 Å². The highest BCUT2D eigenvalue weighted by atomic mass is 16.5. The minimum absolute atomic E-state index is 0.439. The largest absolute Gasteiger partial charge is 0.439 e. The summed E-state index contributed by atoms with van der Waals surface area (Å²) in [6.07, 6.45) is 1.39. The molecule has 0 atom stereocenters. The Hall–Kier alpha value is -2.34. The van der Waals surface area contributed by atoms with E-state index in [9.17, 15) is 0 Å². The summed E-state index contributed by atoms with van der Waals surface area (Å²) in [6, 6.07) is 9.35. The average Bonchev–Trinajstić information content (AvgIpc) is 2.39. The van der Waals surface area contributed by atoms with Crippen LogP contribution in [-0.2, 0) is 0 Å². The predicted octanol–water partition coefficient (Wildman–Crippen LogP) is 1.62. The van der Waals surface area contributed by atoms with Gasteiger partial charge in [-0.2, -0.15) is 0 Å². The first kappa shape index (κ1) is 12.1. The highest BCUT2D eigenvalue weighted by Crippen LogP contribution is 2.24. The van der Waals surface area contributed by atoms with Crippen LogP contribution in [0.4, 0.5) is 11.5 Å². The molecule has 2 aromatic rings. The molecule has 18 heavy (non-hydrogen) atoms. The van der Waals surface area contributed by atoms with Gasteiger partial charge in [0.25, 0.3) is 0 Å². The Labute approximate surface area is 105 Å². The van der Waals surface area contributed by atoms with Crippen LogP contribution in [-0.4, -0.2) is 24.1 Å². The summed E-state index contributed by atoms with van der Waals surface area (Å²) in [4.78, 5) is 9.92. The Morgan fingerprint density at radius 2 is 2.06 bits per heavy atom. The maximum absolute atomic E-state index is 5.64. The van der Waals surface area contributed by atoms with Gasteiger partial charge in [-0.3, -0.25) is 0 Å². The first-order valence-electron chi connectivity index (χ1n) is 5.43. The van der Waals surface area contributed by atoms with Crippen LogP contribution in [0.2, 0.25) is 0 Å². The van der Waals surface area contributed by atoms with Crippen molar-refractivity contribution in [2.75, 3.05) is 24.4 Å². The smallest absolute Gasteiger partial charge is 0.224 e. The van der Waals surface area contributed by atoms with Crippen LogP contribution in [0.25, 0.3) is 0 Å². The molecule has 0 bridgehead atoms. The number of hydrogen-bond acceptors (Lipinski definition) is 6. The van der Waals surface area contributed by atoms with Crippen molar-refractivity contribution < 1.29 is 4.74 Å². The number of rotatable bonds is 4. The number of anilines is 2. The van der Waals surface area contributed by atoms with Crippen LogP contribution < -0.4 is 20.9 Å². The number of nitrogens with one attached hydrogen (secondary N) is 1. The number of nitrogens with zero attached hydrogens (tertiary/aromatic N) is 3. The van der Waals surface area contributed by atoms with Crippen molar-refractivity contribution in [2.24, 2.45) is 5.84 Å². The van der Waals surface area contributed by atoms with Gasteiger partial charge < -0.3 is 15.1 Å². The number of aromatic nitrogens is 2. The highest BCUT2D eigenvalue weighted by Gasteiger charge is 2.02. The Balaban J connectivity index is 2.20. The molecule has 6 heteroatoms. The second kappa shape index (κ2) is 5.33. The molecule has 0 aliphatic heterocycles. The molecule has 0 fully saturated rings. The highest BCUT2D eigenvalue weighted by molar-refractivity contribution is 5.50. The minimum atomic E-state index is 0.439. The molecule has 1 aromatic carbocycles. The fourth-order valence-electron chi connectivity index (χ4n) is 1.42. The quantitative estimate of drug-likeness (QED) is 0.629. The summed E-state index contributed by atoms with van der Waals surface area (Å²) in [5.74, 6) is 6.93. The molecule has 6 nitrogen and oxygen atoms in total. The Morgan fingerprint density at radius 1 is 1.22 bits per heavy atom. The van der Waals surface area contributed by atoms with E-state index in [-0.39, 0.29) is 0 Å². The lowest BCUT2D eigenvalue weighted by Crippen LogP contribution is -2.09. The van der Waals surface area contributed by atoms with Crippen molar-refractivity contribution >= 4 is 11.5 Å². The fourth-order valence-corrected chi connectivity index (χ4v) is 1.42. The van der Waals surface area contributed by atoms with Crippen LogP contribution in [0.1, 0.15) is 0 Å². The second-order valence-corrected chi connectivity index (χ2v) is 3.88. The van der Waals surface area contributed by atoms with E-state index in [0.717, 1.165) is 5.69 Å². The number of ether oxygens (including phenoxy) is 1. The minimum Gasteiger partial charge on any atom is -0.439 e. The van der Waals surface area contributed by atoms with Crippen LogP contribution >= 0.6 is 0 Å². The summed E-state index contributed by atoms with van der Waals surface area (Å²) in [5.41, 5.74) is 3.50. The predicted molar refractivity (Wildman–Crippen MR) is 70.7 cm³/mol. The summed E-state index contributed by atoms with van der Waals surface area (Å²) >= 11 is 0. The van der Waals surface area contributed by atoms with Crippen molar-refractivity contribution in [3.05, 3.63) is 36.7 Å². The maximum Gasteiger partial charge on any atom is 0.224 e. The molecule has 0 unspecified atom stereocenters. The Morgan fingerprint density at radius 3 is 2.78 bits per heavy atom. The second-order valence-electron chi connectivity index (χ2n) is 3.88. The van der Waals surface area contributed by atoms with Gasteiger partial charge in [0.1, 0.15) is 17.9 Å². The van der Waals surface area contributed by atoms with E-state index in [0.29, 0.717) is 17.4 Å². The lowest BCUT2D eigenvalue weighted by Gasteiger charge is -2.13. The Bertz CT molecular complexity index is 529. The first-order chi connectivity index (χ1) is 8.69. The molecular weight excluding hydrogens is 230 g/mol. The summed E-state index contributed by atoms with van der Waals surface area (Å²) < 4.78 is 5.64. The zero-order chi connectivity index (χ0) is 13.0. The van der Waals surface area contributed by atoms with Gasteiger partial charge in [-0.05, 0) is 12.1 Å². The molecule has 0 radical (unpaired) electrons. The van der Waals surface area contributed by atoms with Crippen molar-refractivity contribution in [3.8, 4) is 11.6 Å². The molecular formula is C12H15N5O. The van der Waals surface area contributed by atoms with Crippen LogP contribution in [0.15, 0.2) is 36.7 Å². The van der Waals surface area contributed by atoms with Gasteiger partial charge in [0.2, 0.25) is 5.88 Å². The molecule has 0 spiro atoms. The molecule has 0 saturated carbocycles. The van der Waals surface area contributed by atoms with Gasteiger partial charge in [0, 0.05) is 31.9 Å². The summed E-state index contributed by atoms with van der Waals surface area (Å²) in [6.45, 7) is 0. The fraction of sp³-hybridized carbons (Fsp3) is 0.167. The number of benzene rings is 1. The molecule has 0 saturated heterocycles. The monoisotopic (exact) mass is 245 g/mol. The van der Waals surface area contributed by atoms with Gasteiger partial charge in [-0.1, -0.05) is 6.07 Å². The lowest BCUT2D eigenvalue weighted by molar-refractivity contribution is 0.462. The van der Waals surface area contributed by atoms with E-state index in [1.54, 1.807) is 6.07 Å². The van der Waals surface area contributed by atoms with Crippen molar-refractivity contribution in [1.82, 2.24) is 9.97 Å². The van der Waals surface area contributed by atoms with E-state index in [4.69, 9.17) is 10.6 Å². The number of hydrazine groups is 1. The van der Waals surface area contributed by atoms with E-state index in [2.05, 4.69) is 15.4 Å². The number of nitrogen functional groups attached to an aromatic ring is 1. The summed E-state index contributed by atoms with van der Waals surface area (Å²) in [5, 5.41) is 0. The third-order valence-corrected chi connectivity index (χ3v) is 2.35. The lowest BCUT2D eigenvalue weighted by atomic mass is 10.3. The van der Waals surface area contributed by atoms with Gasteiger partial charge in [0.15, 0.2) is 0 Å². The Kier molecular flexibility index (Phi) is 3.59. The van der Waals surface area contributed by atoms with Gasteiger partial charge >= 0.3 is 0 Å².